The second kappa shape index (κ2) is 8.62. The van der Waals surface area contributed by atoms with Crippen LogP contribution in [0.2, 0.25) is 0 Å². The van der Waals surface area contributed by atoms with Crippen LogP contribution >= 0.6 is 0 Å². The molecule has 1 N–H and O–H groups in total. The minimum absolute atomic E-state index is 0.0150. The zero-order valence-electron chi connectivity index (χ0n) is 15.4. The number of nitrogens with zero attached hydrogens (tertiary/aromatic N) is 2. The van der Waals surface area contributed by atoms with Gasteiger partial charge in [0.05, 0.1) is 6.04 Å². The lowest BCUT2D eigenvalue weighted by molar-refractivity contribution is -0.134. The van der Waals surface area contributed by atoms with Gasteiger partial charge in [0.1, 0.15) is 5.82 Å². The third kappa shape index (κ3) is 4.41. The number of benzene rings is 1. The quantitative estimate of drug-likeness (QED) is 0.877. The van der Waals surface area contributed by atoms with Gasteiger partial charge in [-0.15, -0.1) is 0 Å². The van der Waals surface area contributed by atoms with Gasteiger partial charge in [0.2, 0.25) is 11.8 Å². The van der Waals surface area contributed by atoms with Crippen molar-refractivity contribution in [3.05, 3.63) is 30.1 Å². The van der Waals surface area contributed by atoms with E-state index in [2.05, 4.69) is 10.2 Å². The van der Waals surface area contributed by atoms with Crippen molar-refractivity contribution in [3.63, 3.8) is 0 Å². The Labute approximate surface area is 154 Å². The summed E-state index contributed by atoms with van der Waals surface area (Å²) >= 11 is 0. The minimum atomic E-state index is -0.313. The van der Waals surface area contributed by atoms with E-state index in [0.29, 0.717) is 31.1 Å². The maximum Gasteiger partial charge on any atom is 0.242 e. The molecule has 26 heavy (non-hydrogen) atoms. The fraction of sp³-hybridized carbons (Fsp3) is 0.600. The molecule has 1 saturated carbocycles. The van der Waals surface area contributed by atoms with Crippen LogP contribution in [0.1, 0.15) is 39.0 Å². The van der Waals surface area contributed by atoms with Crippen molar-refractivity contribution in [3.8, 4) is 0 Å². The molecule has 142 valence electrons. The number of carbonyl (C=O) groups excluding carboxylic acids is 2. The average molecular weight is 361 g/mol. The second-order valence-corrected chi connectivity index (χ2v) is 7.26. The van der Waals surface area contributed by atoms with Crippen molar-refractivity contribution in [2.45, 2.75) is 45.1 Å². The number of nitrogens with one attached hydrogen (secondary N) is 1. The molecule has 1 saturated heterocycles. The number of hydrogen-bond acceptors (Lipinski definition) is 3. The molecule has 1 aromatic carbocycles. The standard InChI is InChI=1S/C20H28FN3O2/c1-2-18(25)23-11-13-24(14-12-23)19(15-5-3-4-6-15)20(26)22-17-9-7-16(21)8-10-17/h7-10,15,19H,2-6,11-14H2,1H3,(H,22,26)/t19-/m1/s1. The van der Waals surface area contributed by atoms with Gasteiger partial charge in [0.15, 0.2) is 0 Å². The molecule has 0 bridgehead atoms. The summed E-state index contributed by atoms with van der Waals surface area (Å²) in [6.45, 7) is 4.69. The van der Waals surface area contributed by atoms with Crippen molar-refractivity contribution in [2.75, 3.05) is 31.5 Å². The third-order valence-corrected chi connectivity index (χ3v) is 5.59. The Morgan fingerprint density at radius 3 is 2.31 bits per heavy atom. The molecule has 0 aromatic heterocycles. The molecule has 0 spiro atoms. The van der Waals surface area contributed by atoms with Crippen LogP contribution in [-0.4, -0.2) is 53.8 Å². The van der Waals surface area contributed by atoms with E-state index in [0.717, 1.165) is 25.9 Å². The fourth-order valence-corrected chi connectivity index (χ4v) is 4.17. The Morgan fingerprint density at radius 1 is 1.12 bits per heavy atom. The smallest absolute Gasteiger partial charge is 0.242 e. The number of piperazine rings is 1. The molecule has 6 heteroatoms. The molecule has 0 radical (unpaired) electrons. The van der Waals surface area contributed by atoms with Crippen LogP contribution < -0.4 is 5.32 Å². The first-order chi connectivity index (χ1) is 12.6. The Morgan fingerprint density at radius 2 is 1.73 bits per heavy atom. The van der Waals surface area contributed by atoms with Crippen molar-refractivity contribution in [1.29, 1.82) is 0 Å². The van der Waals surface area contributed by atoms with Gasteiger partial charge in [-0.25, -0.2) is 4.39 Å². The monoisotopic (exact) mass is 361 g/mol. The third-order valence-electron chi connectivity index (χ3n) is 5.59. The largest absolute Gasteiger partial charge is 0.340 e. The van der Waals surface area contributed by atoms with Gasteiger partial charge < -0.3 is 10.2 Å². The van der Waals surface area contributed by atoms with Gasteiger partial charge in [0, 0.05) is 38.3 Å². The lowest BCUT2D eigenvalue weighted by atomic mass is 9.95. The van der Waals surface area contributed by atoms with Crippen molar-refractivity contribution in [1.82, 2.24) is 9.80 Å². The number of hydrogen-bond donors (Lipinski definition) is 1. The van der Waals surface area contributed by atoms with E-state index >= 15 is 0 Å². The molecule has 5 nitrogen and oxygen atoms in total. The summed E-state index contributed by atoms with van der Waals surface area (Å²) in [4.78, 5) is 29.0. The number of rotatable bonds is 5. The predicted molar refractivity (Wildman–Crippen MR) is 99.2 cm³/mol. The van der Waals surface area contributed by atoms with E-state index in [1.54, 1.807) is 12.1 Å². The maximum atomic E-state index is 13.1. The van der Waals surface area contributed by atoms with Crippen LogP contribution in [-0.2, 0) is 9.59 Å². The first-order valence-corrected chi connectivity index (χ1v) is 9.66. The van der Waals surface area contributed by atoms with Gasteiger partial charge >= 0.3 is 0 Å². The highest BCUT2D eigenvalue weighted by Gasteiger charge is 2.37. The maximum absolute atomic E-state index is 13.1. The van der Waals surface area contributed by atoms with Crippen molar-refractivity contribution >= 4 is 17.5 Å². The molecule has 1 aliphatic heterocycles. The van der Waals surface area contributed by atoms with E-state index in [1.165, 1.54) is 25.0 Å². The molecule has 1 aliphatic carbocycles. The molecule has 1 aromatic rings. The van der Waals surface area contributed by atoms with Crippen molar-refractivity contribution in [2.24, 2.45) is 5.92 Å². The van der Waals surface area contributed by atoms with Gasteiger partial charge in [-0.05, 0) is 43.0 Å². The number of halogens is 1. The second-order valence-electron chi connectivity index (χ2n) is 7.26. The Bertz CT molecular complexity index is 620. The average Bonchev–Trinajstić information content (AvgIpc) is 3.18. The van der Waals surface area contributed by atoms with Crippen LogP contribution in [0.15, 0.2) is 24.3 Å². The van der Waals surface area contributed by atoms with Crippen LogP contribution in [0.4, 0.5) is 10.1 Å². The van der Waals surface area contributed by atoms with Gasteiger partial charge in [-0.3, -0.25) is 14.5 Å². The summed E-state index contributed by atoms with van der Waals surface area (Å²) in [5.74, 6) is 0.201. The predicted octanol–water partition coefficient (Wildman–Crippen LogP) is 2.88. The summed E-state index contributed by atoms with van der Waals surface area (Å²) in [7, 11) is 0. The molecule has 2 amide bonds. The van der Waals surface area contributed by atoms with E-state index in [1.807, 2.05) is 11.8 Å². The zero-order chi connectivity index (χ0) is 18.5. The molecule has 2 aliphatic rings. The van der Waals surface area contributed by atoms with Crippen LogP contribution in [0.3, 0.4) is 0 Å². The SMILES string of the molecule is CCC(=O)N1CCN([C@@H](C(=O)Nc2ccc(F)cc2)C2CCCC2)CC1. The highest BCUT2D eigenvalue weighted by molar-refractivity contribution is 5.95. The van der Waals surface area contributed by atoms with E-state index in [4.69, 9.17) is 0 Å². The van der Waals surface area contributed by atoms with Crippen LogP contribution in [0, 0.1) is 11.7 Å². The highest BCUT2D eigenvalue weighted by atomic mass is 19.1. The van der Waals surface area contributed by atoms with E-state index in [-0.39, 0.29) is 23.7 Å². The van der Waals surface area contributed by atoms with E-state index < -0.39 is 0 Å². The van der Waals surface area contributed by atoms with E-state index in [9.17, 15) is 14.0 Å². The minimum Gasteiger partial charge on any atom is -0.340 e. The Kier molecular flexibility index (Phi) is 6.25. The molecule has 1 atom stereocenters. The summed E-state index contributed by atoms with van der Waals surface area (Å²) in [5.41, 5.74) is 0.624. The molecule has 3 rings (SSSR count). The fourth-order valence-electron chi connectivity index (χ4n) is 4.17. The summed E-state index contributed by atoms with van der Waals surface area (Å²) in [6.07, 6.45) is 4.99. The highest BCUT2D eigenvalue weighted by Crippen LogP contribution is 2.31. The lowest BCUT2D eigenvalue weighted by Crippen LogP contribution is -2.56. The number of carbonyl (C=O) groups is 2. The summed E-state index contributed by atoms with van der Waals surface area (Å²) in [6, 6.07) is 5.72. The number of anilines is 1. The normalized spacial score (nSPS) is 20.2. The summed E-state index contributed by atoms with van der Waals surface area (Å²) in [5, 5.41) is 2.96. The lowest BCUT2D eigenvalue weighted by Gasteiger charge is -2.40. The van der Waals surface area contributed by atoms with Gasteiger partial charge in [-0.1, -0.05) is 19.8 Å². The number of amides is 2. The molecule has 0 unspecified atom stereocenters. The first-order valence-electron chi connectivity index (χ1n) is 9.66. The van der Waals surface area contributed by atoms with Crippen LogP contribution in [0.5, 0.6) is 0 Å². The molecule has 2 fully saturated rings. The zero-order valence-corrected chi connectivity index (χ0v) is 15.4. The Balaban J connectivity index is 1.68. The Hall–Kier alpha value is -1.95. The summed E-state index contributed by atoms with van der Waals surface area (Å²) < 4.78 is 13.1. The molecule has 1 heterocycles. The topological polar surface area (TPSA) is 52.7 Å². The van der Waals surface area contributed by atoms with Gasteiger partial charge in [-0.2, -0.15) is 0 Å². The molecular weight excluding hydrogens is 333 g/mol. The molecular formula is C20H28FN3O2. The first kappa shape index (κ1) is 18.8. The van der Waals surface area contributed by atoms with Crippen molar-refractivity contribution < 1.29 is 14.0 Å². The van der Waals surface area contributed by atoms with Crippen LogP contribution in [0.25, 0.3) is 0 Å². The van der Waals surface area contributed by atoms with Gasteiger partial charge in [0.25, 0.3) is 0 Å².